The fraction of sp³-hybridized carbons (Fsp3) is 0.875. The number of amides is 2. The molecule has 0 unspecified atom stereocenters. The Kier molecular flexibility index (Phi) is 5.28. The van der Waals surface area contributed by atoms with Gasteiger partial charge in [-0.3, -0.25) is 9.59 Å². The van der Waals surface area contributed by atoms with Crippen LogP contribution in [0.5, 0.6) is 0 Å². The van der Waals surface area contributed by atoms with Crippen LogP contribution in [0.25, 0.3) is 0 Å². The lowest BCUT2D eigenvalue weighted by Crippen LogP contribution is -2.58. The number of halogens is 2. The number of rotatable bonds is 4. The third-order valence-corrected chi connectivity index (χ3v) is 5.10. The van der Waals surface area contributed by atoms with Crippen molar-refractivity contribution < 1.29 is 23.5 Å². The molecule has 0 radical (unpaired) electrons. The summed E-state index contributed by atoms with van der Waals surface area (Å²) in [6.07, 6.45) is 3.27. The summed E-state index contributed by atoms with van der Waals surface area (Å²) in [5.41, 5.74) is -2.23. The molecule has 0 aromatic heterocycles. The van der Waals surface area contributed by atoms with E-state index in [1.54, 1.807) is 14.1 Å². The van der Waals surface area contributed by atoms with Crippen LogP contribution in [-0.2, 0) is 9.59 Å². The van der Waals surface area contributed by atoms with Gasteiger partial charge in [0.05, 0.1) is 0 Å². The molecular weight excluding hydrogens is 306 g/mol. The van der Waals surface area contributed by atoms with Crippen molar-refractivity contribution in [3.05, 3.63) is 0 Å². The maximum absolute atomic E-state index is 14.3. The van der Waals surface area contributed by atoms with Gasteiger partial charge in [0.25, 0.3) is 5.91 Å². The van der Waals surface area contributed by atoms with Crippen LogP contribution >= 0.6 is 0 Å². The first-order valence-corrected chi connectivity index (χ1v) is 8.30. The van der Waals surface area contributed by atoms with E-state index >= 15 is 0 Å². The average Bonchev–Trinajstić information content (AvgIpc) is 2.95. The highest BCUT2D eigenvalue weighted by molar-refractivity contribution is 5.85. The maximum Gasteiger partial charge on any atom is 0.352 e. The Morgan fingerprint density at radius 1 is 1.17 bits per heavy atom. The van der Waals surface area contributed by atoms with E-state index in [1.807, 2.05) is 0 Å². The Balaban J connectivity index is 1.98. The second kappa shape index (κ2) is 6.71. The number of aliphatic hydroxyl groups is 1. The molecule has 2 aliphatic carbocycles. The highest BCUT2D eigenvalue weighted by Crippen LogP contribution is 2.42. The monoisotopic (exact) mass is 332 g/mol. The number of alkyl halides is 2. The lowest BCUT2D eigenvalue weighted by atomic mass is 9.84. The van der Waals surface area contributed by atoms with Crippen molar-refractivity contribution in [1.82, 2.24) is 10.2 Å². The lowest BCUT2D eigenvalue weighted by Gasteiger charge is -2.34. The Morgan fingerprint density at radius 2 is 1.78 bits per heavy atom. The van der Waals surface area contributed by atoms with Crippen molar-refractivity contribution in [2.75, 3.05) is 14.1 Å². The summed E-state index contributed by atoms with van der Waals surface area (Å²) in [5, 5.41) is 12.4. The van der Waals surface area contributed by atoms with Crippen molar-refractivity contribution >= 4 is 11.8 Å². The predicted octanol–water partition coefficient (Wildman–Crippen LogP) is 1.69. The van der Waals surface area contributed by atoms with Crippen LogP contribution in [-0.4, -0.2) is 53.5 Å². The van der Waals surface area contributed by atoms with Gasteiger partial charge in [0.1, 0.15) is 5.60 Å². The van der Waals surface area contributed by atoms with Gasteiger partial charge in [-0.15, -0.1) is 0 Å². The van der Waals surface area contributed by atoms with Gasteiger partial charge in [-0.1, -0.05) is 19.3 Å². The van der Waals surface area contributed by atoms with E-state index in [-0.39, 0.29) is 24.7 Å². The van der Waals surface area contributed by atoms with Crippen LogP contribution in [0, 0.1) is 5.92 Å². The maximum atomic E-state index is 14.3. The van der Waals surface area contributed by atoms with Crippen LogP contribution < -0.4 is 5.32 Å². The fourth-order valence-electron chi connectivity index (χ4n) is 3.67. The molecule has 2 N–H and O–H groups in total. The van der Waals surface area contributed by atoms with Gasteiger partial charge in [-0.25, -0.2) is 0 Å². The van der Waals surface area contributed by atoms with E-state index in [2.05, 4.69) is 5.32 Å². The molecule has 5 nitrogen and oxygen atoms in total. The number of hydrogen-bond acceptors (Lipinski definition) is 3. The van der Waals surface area contributed by atoms with Crippen LogP contribution in [0.1, 0.15) is 51.4 Å². The second-order valence-corrected chi connectivity index (χ2v) is 7.08. The molecule has 2 atom stereocenters. The van der Waals surface area contributed by atoms with Crippen molar-refractivity contribution in [1.29, 1.82) is 0 Å². The molecule has 132 valence electrons. The normalized spacial score (nSPS) is 27.5. The SMILES string of the molecule is CN(C)C(=O)[C@H]1CCC[C@H](NC(=O)C(F)(F)C2(O)CCCC2)C1. The Hall–Kier alpha value is -1.24. The van der Waals surface area contributed by atoms with Crippen LogP contribution in [0.2, 0.25) is 0 Å². The van der Waals surface area contributed by atoms with E-state index in [0.29, 0.717) is 38.5 Å². The molecular formula is C16H26F2N2O3. The standard InChI is InChI=1S/C16H26F2N2O3/c1-20(2)13(21)11-6-5-7-12(10-11)19-14(22)16(17,18)15(23)8-3-4-9-15/h11-12,23H,3-10H2,1-2H3,(H,19,22)/t11-,12-/m0/s1. The molecule has 2 fully saturated rings. The summed E-state index contributed by atoms with van der Waals surface area (Å²) in [4.78, 5) is 25.5. The average molecular weight is 332 g/mol. The molecule has 0 saturated heterocycles. The van der Waals surface area contributed by atoms with Crippen LogP contribution in [0.15, 0.2) is 0 Å². The fourth-order valence-corrected chi connectivity index (χ4v) is 3.67. The highest BCUT2D eigenvalue weighted by Gasteiger charge is 2.59. The molecule has 0 aromatic rings. The minimum absolute atomic E-state index is 0.0369. The van der Waals surface area contributed by atoms with Crippen LogP contribution in [0.4, 0.5) is 8.78 Å². The van der Waals surface area contributed by atoms with Gasteiger partial charge >= 0.3 is 5.92 Å². The molecule has 2 rings (SSSR count). The summed E-state index contributed by atoms with van der Waals surface area (Å²) in [7, 11) is 3.32. The zero-order valence-electron chi connectivity index (χ0n) is 13.8. The molecule has 2 amide bonds. The topological polar surface area (TPSA) is 69.6 Å². The van der Waals surface area contributed by atoms with Gasteiger partial charge in [0.2, 0.25) is 5.91 Å². The van der Waals surface area contributed by atoms with Crippen molar-refractivity contribution in [3.63, 3.8) is 0 Å². The summed E-state index contributed by atoms with van der Waals surface area (Å²) in [6, 6.07) is -0.443. The predicted molar refractivity (Wildman–Crippen MR) is 80.9 cm³/mol. The van der Waals surface area contributed by atoms with Gasteiger partial charge in [0.15, 0.2) is 0 Å². The molecule has 23 heavy (non-hydrogen) atoms. The zero-order valence-corrected chi connectivity index (χ0v) is 13.8. The molecule has 0 spiro atoms. The molecule has 0 aliphatic heterocycles. The summed E-state index contributed by atoms with van der Waals surface area (Å²) in [5.74, 6) is -5.48. The van der Waals surface area contributed by atoms with Gasteiger partial charge in [0, 0.05) is 26.1 Å². The molecule has 2 aliphatic rings. The van der Waals surface area contributed by atoms with E-state index in [4.69, 9.17) is 0 Å². The molecule has 7 heteroatoms. The summed E-state index contributed by atoms with van der Waals surface area (Å²) in [6.45, 7) is 0. The Labute approximate surface area is 135 Å². The summed E-state index contributed by atoms with van der Waals surface area (Å²) < 4.78 is 28.6. The Morgan fingerprint density at radius 3 is 2.35 bits per heavy atom. The summed E-state index contributed by atoms with van der Waals surface area (Å²) >= 11 is 0. The van der Waals surface area contributed by atoms with E-state index in [1.165, 1.54) is 4.90 Å². The quantitative estimate of drug-likeness (QED) is 0.823. The number of carbonyl (C=O) groups is 2. The van der Waals surface area contributed by atoms with Crippen LogP contribution in [0.3, 0.4) is 0 Å². The molecule has 2 saturated carbocycles. The van der Waals surface area contributed by atoms with E-state index < -0.39 is 23.5 Å². The zero-order chi connectivity index (χ0) is 17.3. The highest BCUT2D eigenvalue weighted by atomic mass is 19.3. The first-order chi connectivity index (χ1) is 10.7. The van der Waals surface area contributed by atoms with Crippen molar-refractivity contribution in [2.24, 2.45) is 5.92 Å². The molecule has 0 aromatic carbocycles. The van der Waals surface area contributed by atoms with E-state index in [0.717, 1.165) is 0 Å². The largest absolute Gasteiger partial charge is 0.383 e. The lowest BCUT2D eigenvalue weighted by molar-refractivity contribution is -0.191. The van der Waals surface area contributed by atoms with Crippen molar-refractivity contribution in [3.8, 4) is 0 Å². The smallest absolute Gasteiger partial charge is 0.352 e. The minimum Gasteiger partial charge on any atom is -0.383 e. The van der Waals surface area contributed by atoms with Crippen molar-refractivity contribution in [2.45, 2.75) is 68.9 Å². The van der Waals surface area contributed by atoms with Gasteiger partial charge in [-0.2, -0.15) is 8.78 Å². The first-order valence-electron chi connectivity index (χ1n) is 8.30. The number of carbonyl (C=O) groups excluding carboxylic acids is 2. The number of hydrogen-bond donors (Lipinski definition) is 2. The third kappa shape index (κ3) is 3.65. The van der Waals surface area contributed by atoms with E-state index in [9.17, 15) is 23.5 Å². The number of nitrogens with one attached hydrogen (secondary N) is 1. The molecule has 0 heterocycles. The molecule has 0 bridgehead atoms. The number of nitrogens with zero attached hydrogens (tertiary/aromatic N) is 1. The Bertz CT molecular complexity index is 462. The minimum atomic E-state index is -3.79. The van der Waals surface area contributed by atoms with Gasteiger partial charge in [-0.05, 0) is 32.1 Å². The second-order valence-electron chi connectivity index (χ2n) is 7.08. The third-order valence-electron chi connectivity index (χ3n) is 5.10. The first kappa shape index (κ1) is 18.1. The van der Waals surface area contributed by atoms with Gasteiger partial charge < -0.3 is 15.3 Å².